The Labute approximate surface area is 147 Å². The molecule has 2 rings (SSSR count). The minimum atomic E-state index is -2.82. The molecule has 0 aliphatic rings. The maximum Gasteiger partial charge on any atom is 0.387 e. The lowest BCUT2D eigenvalue weighted by Crippen LogP contribution is -2.14. The number of aliphatic imine (C=N–C) groups is 1. The fourth-order valence-electron chi connectivity index (χ4n) is 2.19. The molecule has 0 radical (unpaired) electrons. The van der Waals surface area contributed by atoms with Gasteiger partial charge >= 0.3 is 6.61 Å². The Balaban J connectivity index is 2.15. The summed E-state index contributed by atoms with van der Waals surface area (Å²) in [5, 5.41) is 3.29. The first-order valence-corrected chi connectivity index (χ1v) is 8.06. The first-order chi connectivity index (χ1) is 11.9. The third-order valence-corrected chi connectivity index (χ3v) is 3.79. The molecular formula is C19H23F2N3O. The van der Waals surface area contributed by atoms with Crippen molar-refractivity contribution < 1.29 is 13.5 Å². The number of ether oxygens (including phenoxy) is 1. The predicted octanol–water partition coefficient (Wildman–Crippen LogP) is 5.26. The minimum absolute atomic E-state index is 0.137. The van der Waals surface area contributed by atoms with E-state index in [4.69, 9.17) is 0 Å². The summed E-state index contributed by atoms with van der Waals surface area (Å²) < 4.78 is 28.7. The summed E-state index contributed by atoms with van der Waals surface area (Å²) in [6.07, 6.45) is 1.82. The van der Waals surface area contributed by atoms with Gasteiger partial charge in [-0.1, -0.05) is 0 Å². The van der Waals surface area contributed by atoms with Gasteiger partial charge in [-0.2, -0.15) is 8.78 Å². The molecule has 25 heavy (non-hydrogen) atoms. The summed E-state index contributed by atoms with van der Waals surface area (Å²) in [7, 11) is 1.98. The molecule has 0 bridgehead atoms. The van der Waals surface area contributed by atoms with E-state index >= 15 is 0 Å². The average Bonchev–Trinajstić information content (AvgIpc) is 2.57. The van der Waals surface area contributed by atoms with Gasteiger partial charge in [-0.05, 0) is 68.3 Å². The lowest BCUT2D eigenvalue weighted by molar-refractivity contribution is -0.0498. The Morgan fingerprint density at radius 2 is 1.84 bits per heavy atom. The normalized spacial score (nSPS) is 11.2. The number of halogens is 2. The number of benzene rings is 2. The summed E-state index contributed by atoms with van der Waals surface area (Å²) in [4.78, 5) is 6.51. The van der Waals surface area contributed by atoms with Gasteiger partial charge in [0.25, 0.3) is 0 Å². The van der Waals surface area contributed by atoms with Crippen LogP contribution in [0.15, 0.2) is 41.4 Å². The summed E-state index contributed by atoms with van der Waals surface area (Å²) >= 11 is 0. The maximum atomic E-state index is 12.2. The molecule has 0 heterocycles. The number of nitrogens with one attached hydrogen (secondary N) is 1. The molecule has 6 heteroatoms. The molecule has 0 fully saturated rings. The van der Waals surface area contributed by atoms with E-state index in [0.29, 0.717) is 0 Å². The van der Waals surface area contributed by atoms with Gasteiger partial charge in [0.15, 0.2) is 0 Å². The zero-order chi connectivity index (χ0) is 18.4. The summed E-state index contributed by atoms with van der Waals surface area (Å²) in [6, 6.07) is 10.5. The van der Waals surface area contributed by atoms with Crippen molar-refractivity contribution >= 4 is 23.4 Å². The highest BCUT2D eigenvalue weighted by molar-refractivity contribution is 5.70. The molecule has 1 N–H and O–H groups in total. The van der Waals surface area contributed by atoms with Crippen molar-refractivity contribution in [1.29, 1.82) is 0 Å². The highest BCUT2D eigenvalue weighted by atomic mass is 19.3. The lowest BCUT2D eigenvalue weighted by Gasteiger charge is -2.14. The molecule has 134 valence electrons. The molecule has 2 aromatic rings. The van der Waals surface area contributed by atoms with Crippen LogP contribution < -0.4 is 10.1 Å². The highest BCUT2D eigenvalue weighted by Crippen LogP contribution is 2.29. The van der Waals surface area contributed by atoms with Crippen LogP contribution >= 0.6 is 0 Å². The van der Waals surface area contributed by atoms with Crippen molar-refractivity contribution in [2.75, 3.05) is 18.9 Å². The second-order valence-electron chi connectivity index (χ2n) is 5.80. The molecule has 0 aromatic heterocycles. The summed E-state index contributed by atoms with van der Waals surface area (Å²) in [5.74, 6) is 0.137. The van der Waals surface area contributed by atoms with Gasteiger partial charge in [0.2, 0.25) is 0 Å². The van der Waals surface area contributed by atoms with Gasteiger partial charge in [-0.3, -0.25) is 0 Å². The van der Waals surface area contributed by atoms with Crippen molar-refractivity contribution in [1.82, 2.24) is 4.90 Å². The number of rotatable bonds is 7. The van der Waals surface area contributed by atoms with Gasteiger partial charge < -0.3 is 15.0 Å². The van der Waals surface area contributed by atoms with E-state index < -0.39 is 6.61 Å². The quantitative estimate of drug-likeness (QED) is 0.548. The molecule has 0 unspecified atom stereocenters. The maximum absolute atomic E-state index is 12.2. The minimum Gasteiger partial charge on any atom is -0.435 e. The van der Waals surface area contributed by atoms with Crippen molar-refractivity contribution in [2.24, 2.45) is 4.99 Å². The fraction of sp³-hybridized carbons (Fsp3) is 0.316. The van der Waals surface area contributed by atoms with E-state index in [9.17, 15) is 8.78 Å². The molecule has 2 aromatic carbocycles. The van der Waals surface area contributed by atoms with Crippen molar-refractivity contribution in [3.63, 3.8) is 0 Å². The van der Waals surface area contributed by atoms with Gasteiger partial charge in [0.05, 0.1) is 12.0 Å². The number of alkyl halides is 2. The number of hydrogen-bond donors (Lipinski definition) is 1. The molecule has 0 aliphatic carbocycles. The molecular weight excluding hydrogens is 324 g/mol. The van der Waals surface area contributed by atoms with Crippen LogP contribution in [0.2, 0.25) is 0 Å². The van der Waals surface area contributed by atoms with Crippen LogP contribution in [0.1, 0.15) is 18.1 Å². The molecule has 0 saturated carbocycles. The Kier molecular flexibility index (Phi) is 6.33. The van der Waals surface area contributed by atoms with Gasteiger partial charge in [-0.15, -0.1) is 0 Å². The topological polar surface area (TPSA) is 36.9 Å². The van der Waals surface area contributed by atoms with E-state index in [1.807, 2.05) is 44.3 Å². The molecule has 0 saturated heterocycles. The summed E-state index contributed by atoms with van der Waals surface area (Å²) in [5.41, 5.74) is 4.76. The predicted molar refractivity (Wildman–Crippen MR) is 98.7 cm³/mol. The van der Waals surface area contributed by atoms with Crippen molar-refractivity contribution in [3.05, 3.63) is 47.5 Å². The zero-order valence-electron chi connectivity index (χ0n) is 14.9. The monoisotopic (exact) mass is 347 g/mol. The Hall–Kier alpha value is -2.63. The van der Waals surface area contributed by atoms with Gasteiger partial charge in [0.1, 0.15) is 5.75 Å². The van der Waals surface area contributed by atoms with Crippen molar-refractivity contribution in [3.8, 4) is 5.75 Å². The first kappa shape index (κ1) is 18.7. The zero-order valence-corrected chi connectivity index (χ0v) is 14.9. The molecule has 0 atom stereocenters. The van der Waals surface area contributed by atoms with Crippen LogP contribution in [0.4, 0.5) is 25.8 Å². The molecule has 0 amide bonds. The van der Waals surface area contributed by atoms with Crippen LogP contribution in [0, 0.1) is 13.8 Å². The third kappa shape index (κ3) is 5.45. The first-order valence-electron chi connectivity index (χ1n) is 8.06. The van der Waals surface area contributed by atoms with Gasteiger partial charge in [-0.25, -0.2) is 4.99 Å². The number of aryl methyl sites for hydroxylation is 2. The number of nitrogens with zero attached hydrogens (tertiary/aromatic N) is 2. The van der Waals surface area contributed by atoms with Crippen LogP contribution in [-0.2, 0) is 0 Å². The SMILES string of the molecule is CCN(C)C=Nc1cc(C)c(Nc2ccc(OC(F)F)cc2)cc1C. The van der Waals surface area contributed by atoms with Crippen LogP contribution in [0.5, 0.6) is 5.75 Å². The molecule has 0 spiro atoms. The van der Waals surface area contributed by atoms with Gasteiger partial charge in [0, 0.05) is 25.0 Å². The van der Waals surface area contributed by atoms with E-state index in [1.165, 1.54) is 12.1 Å². The van der Waals surface area contributed by atoms with E-state index in [0.717, 1.165) is 34.7 Å². The van der Waals surface area contributed by atoms with Crippen LogP contribution in [0.25, 0.3) is 0 Å². The Bertz CT molecular complexity index is 730. The van der Waals surface area contributed by atoms with Crippen molar-refractivity contribution in [2.45, 2.75) is 27.4 Å². The van der Waals surface area contributed by atoms with Crippen LogP contribution in [-0.4, -0.2) is 31.4 Å². The smallest absolute Gasteiger partial charge is 0.387 e. The van der Waals surface area contributed by atoms with E-state index in [1.54, 1.807) is 12.1 Å². The largest absolute Gasteiger partial charge is 0.435 e. The van der Waals surface area contributed by atoms with Crippen LogP contribution in [0.3, 0.4) is 0 Å². The third-order valence-electron chi connectivity index (χ3n) is 3.79. The number of anilines is 2. The Morgan fingerprint density at radius 3 is 2.44 bits per heavy atom. The highest BCUT2D eigenvalue weighted by Gasteiger charge is 2.06. The van der Waals surface area contributed by atoms with E-state index in [-0.39, 0.29) is 5.75 Å². The summed E-state index contributed by atoms with van der Waals surface area (Å²) in [6.45, 7) is 4.14. The second kappa shape index (κ2) is 8.46. The van der Waals surface area contributed by atoms with E-state index in [2.05, 4.69) is 22.0 Å². The average molecular weight is 347 g/mol. The lowest BCUT2D eigenvalue weighted by atomic mass is 10.1. The molecule has 0 aliphatic heterocycles. The Morgan fingerprint density at radius 1 is 1.16 bits per heavy atom. The fourth-order valence-corrected chi connectivity index (χ4v) is 2.19. The second-order valence-corrected chi connectivity index (χ2v) is 5.80. The molecule has 4 nitrogen and oxygen atoms in total. The number of hydrogen-bond acceptors (Lipinski definition) is 3. The standard InChI is InChI=1S/C19H23F2N3O/c1-5-24(4)12-22-17-10-14(3)18(11-13(17)2)23-15-6-8-16(9-7-15)25-19(20)21/h6-12,19,23H,5H2,1-4H3.